The quantitative estimate of drug-likeness (QED) is 0.792. The van der Waals surface area contributed by atoms with Gasteiger partial charge in [0.1, 0.15) is 0 Å². The second kappa shape index (κ2) is 7.71. The number of piperidine rings is 1. The molecule has 1 amide bonds. The number of hydrogen-bond donors (Lipinski definition) is 2. The summed E-state index contributed by atoms with van der Waals surface area (Å²) in [6, 6.07) is 8.58. The summed E-state index contributed by atoms with van der Waals surface area (Å²) in [5, 5.41) is 3.63. The van der Waals surface area contributed by atoms with Gasteiger partial charge in [-0.1, -0.05) is 12.1 Å². The highest BCUT2D eigenvalue weighted by atomic mass is 32.2. The maximum absolute atomic E-state index is 11.0. The van der Waals surface area contributed by atoms with Gasteiger partial charge >= 0.3 is 0 Å². The van der Waals surface area contributed by atoms with Gasteiger partial charge in [0.05, 0.1) is 5.75 Å². The van der Waals surface area contributed by atoms with E-state index in [9.17, 15) is 4.79 Å². The molecule has 0 saturated carbocycles. The summed E-state index contributed by atoms with van der Waals surface area (Å²) in [5.74, 6) is 0.745. The van der Waals surface area contributed by atoms with Crippen molar-refractivity contribution >= 4 is 23.4 Å². The number of nitrogens with zero attached hydrogens (tertiary/aromatic N) is 1. The fourth-order valence-electron chi connectivity index (χ4n) is 2.75. The predicted molar refractivity (Wildman–Crippen MR) is 89.7 cm³/mol. The minimum Gasteiger partial charge on any atom is -0.381 e. The molecule has 1 fully saturated rings. The zero-order chi connectivity index (χ0) is 15.2. The van der Waals surface area contributed by atoms with Crippen LogP contribution in [0.1, 0.15) is 19.8 Å². The van der Waals surface area contributed by atoms with Gasteiger partial charge in [-0.15, -0.1) is 11.8 Å². The SMILES string of the molecule is CC(Nc1ccccc1SCC(N)=O)C1CCN(C)CC1. The third-order valence-electron chi connectivity index (χ3n) is 4.11. The summed E-state index contributed by atoms with van der Waals surface area (Å²) in [5.41, 5.74) is 6.34. The first kappa shape index (κ1) is 16.2. The third-order valence-corrected chi connectivity index (χ3v) is 5.21. The fourth-order valence-corrected chi connectivity index (χ4v) is 3.51. The Morgan fingerprint density at radius 1 is 1.43 bits per heavy atom. The smallest absolute Gasteiger partial charge is 0.227 e. The Balaban J connectivity index is 1.96. The number of thioether (sulfide) groups is 1. The second-order valence-corrected chi connectivity index (χ2v) is 6.84. The van der Waals surface area contributed by atoms with Crippen molar-refractivity contribution in [3.63, 3.8) is 0 Å². The molecule has 1 unspecified atom stereocenters. The van der Waals surface area contributed by atoms with E-state index in [4.69, 9.17) is 5.73 Å². The molecule has 0 aromatic heterocycles. The molecule has 3 N–H and O–H groups in total. The average Bonchev–Trinajstić information content (AvgIpc) is 2.47. The maximum atomic E-state index is 11.0. The summed E-state index contributed by atoms with van der Waals surface area (Å²) in [7, 11) is 2.18. The van der Waals surface area contributed by atoms with Crippen LogP contribution < -0.4 is 11.1 Å². The highest BCUT2D eigenvalue weighted by molar-refractivity contribution is 8.00. The van der Waals surface area contributed by atoms with E-state index in [0.29, 0.717) is 17.7 Å². The Kier molecular flexibility index (Phi) is 5.94. The van der Waals surface area contributed by atoms with Crippen LogP contribution in [0, 0.1) is 5.92 Å². The van der Waals surface area contributed by atoms with Crippen molar-refractivity contribution < 1.29 is 4.79 Å². The van der Waals surface area contributed by atoms with Crippen molar-refractivity contribution in [3.05, 3.63) is 24.3 Å². The Morgan fingerprint density at radius 2 is 2.10 bits per heavy atom. The minimum atomic E-state index is -0.279. The van der Waals surface area contributed by atoms with Crippen LogP contribution >= 0.6 is 11.8 Å². The largest absolute Gasteiger partial charge is 0.381 e. The minimum absolute atomic E-state index is 0.279. The molecular formula is C16H25N3OS. The predicted octanol–water partition coefficient (Wildman–Crippen LogP) is 2.41. The molecule has 0 spiro atoms. The fraction of sp³-hybridized carbons (Fsp3) is 0.562. The van der Waals surface area contributed by atoms with Gasteiger partial charge in [0.15, 0.2) is 0 Å². The molecule has 4 nitrogen and oxygen atoms in total. The van der Waals surface area contributed by atoms with Gasteiger partial charge in [-0.3, -0.25) is 4.79 Å². The molecular weight excluding hydrogens is 282 g/mol. The molecule has 1 aliphatic heterocycles. The Bertz CT molecular complexity index is 472. The number of anilines is 1. The number of rotatable bonds is 6. The van der Waals surface area contributed by atoms with Crippen LogP contribution in [-0.4, -0.2) is 42.7 Å². The number of carbonyl (C=O) groups is 1. The van der Waals surface area contributed by atoms with Crippen molar-refractivity contribution in [2.45, 2.75) is 30.7 Å². The number of likely N-dealkylation sites (tertiary alicyclic amines) is 1. The zero-order valence-corrected chi connectivity index (χ0v) is 13.7. The van der Waals surface area contributed by atoms with E-state index in [2.05, 4.69) is 30.3 Å². The van der Waals surface area contributed by atoms with Gasteiger partial charge in [0, 0.05) is 16.6 Å². The van der Waals surface area contributed by atoms with Gasteiger partial charge in [-0.05, 0) is 58.0 Å². The molecule has 1 aromatic carbocycles. The molecule has 0 aliphatic carbocycles. The van der Waals surface area contributed by atoms with E-state index in [1.165, 1.54) is 37.7 Å². The first-order valence-electron chi connectivity index (χ1n) is 7.51. The number of carbonyl (C=O) groups excluding carboxylic acids is 1. The molecule has 116 valence electrons. The third kappa shape index (κ3) is 4.93. The van der Waals surface area contributed by atoms with Crippen molar-refractivity contribution in [1.29, 1.82) is 0 Å². The lowest BCUT2D eigenvalue weighted by atomic mass is 9.90. The molecule has 1 heterocycles. The van der Waals surface area contributed by atoms with Crippen LogP contribution in [0.15, 0.2) is 29.2 Å². The van der Waals surface area contributed by atoms with E-state index in [1.807, 2.05) is 18.2 Å². The van der Waals surface area contributed by atoms with Gasteiger partial charge in [-0.25, -0.2) is 0 Å². The zero-order valence-electron chi connectivity index (χ0n) is 12.8. The molecule has 0 bridgehead atoms. The average molecular weight is 307 g/mol. The lowest BCUT2D eigenvalue weighted by molar-refractivity contribution is -0.115. The van der Waals surface area contributed by atoms with Gasteiger partial charge < -0.3 is 16.0 Å². The van der Waals surface area contributed by atoms with E-state index in [1.54, 1.807) is 0 Å². The lowest BCUT2D eigenvalue weighted by Gasteiger charge is -2.33. The van der Waals surface area contributed by atoms with Crippen LogP contribution in [0.25, 0.3) is 0 Å². The summed E-state index contributed by atoms with van der Waals surface area (Å²) in [6.45, 7) is 4.61. The highest BCUT2D eigenvalue weighted by Crippen LogP contribution is 2.29. The number of primary amides is 1. The first-order valence-corrected chi connectivity index (χ1v) is 8.50. The number of hydrogen-bond acceptors (Lipinski definition) is 4. The topological polar surface area (TPSA) is 58.4 Å². The number of benzene rings is 1. The van der Waals surface area contributed by atoms with Crippen LogP contribution in [0.4, 0.5) is 5.69 Å². The van der Waals surface area contributed by atoms with Crippen molar-refractivity contribution in [3.8, 4) is 0 Å². The van der Waals surface area contributed by atoms with Gasteiger partial charge in [-0.2, -0.15) is 0 Å². The Hall–Kier alpha value is -1.20. The van der Waals surface area contributed by atoms with Crippen LogP contribution in [0.3, 0.4) is 0 Å². The van der Waals surface area contributed by atoms with E-state index < -0.39 is 0 Å². The highest BCUT2D eigenvalue weighted by Gasteiger charge is 2.22. The maximum Gasteiger partial charge on any atom is 0.227 e. The van der Waals surface area contributed by atoms with Crippen LogP contribution in [0.5, 0.6) is 0 Å². The van der Waals surface area contributed by atoms with Crippen LogP contribution in [0.2, 0.25) is 0 Å². The van der Waals surface area contributed by atoms with Crippen molar-refractivity contribution in [1.82, 2.24) is 4.90 Å². The van der Waals surface area contributed by atoms with Gasteiger partial charge in [0.25, 0.3) is 0 Å². The first-order chi connectivity index (χ1) is 10.1. The number of para-hydroxylation sites is 1. The van der Waals surface area contributed by atoms with Crippen molar-refractivity contribution in [2.24, 2.45) is 11.7 Å². The Morgan fingerprint density at radius 3 is 2.76 bits per heavy atom. The molecule has 0 radical (unpaired) electrons. The molecule has 5 heteroatoms. The molecule has 1 atom stereocenters. The van der Waals surface area contributed by atoms with Gasteiger partial charge in [0.2, 0.25) is 5.91 Å². The number of amides is 1. The lowest BCUT2D eigenvalue weighted by Crippen LogP contribution is -2.37. The molecule has 2 rings (SSSR count). The Labute approximate surface area is 131 Å². The van der Waals surface area contributed by atoms with E-state index in [0.717, 1.165) is 10.6 Å². The molecule has 1 aliphatic rings. The molecule has 21 heavy (non-hydrogen) atoms. The monoisotopic (exact) mass is 307 g/mol. The normalized spacial score (nSPS) is 18.4. The van der Waals surface area contributed by atoms with Crippen LogP contribution in [-0.2, 0) is 4.79 Å². The molecule has 1 saturated heterocycles. The standard InChI is InChI=1S/C16H25N3OS/c1-12(13-7-9-19(2)10-8-13)18-14-5-3-4-6-15(14)21-11-16(17)20/h3-6,12-13,18H,7-11H2,1-2H3,(H2,17,20). The summed E-state index contributed by atoms with van der Waals surface area (Å²) in [4.78, 5) is 14.4. The molecule has 1 aromatic rings. The van der Waals surface area contributed by atoms with E-state index >= 15 is 0 Å². The summed E-state index contributed by atoms with van der Waals surface area (Å²) >= 11 is 1.50. The summed E-state index contributed by atoms with van der Waals surface area (Å²) < 4.78 is 0. The number of nitrogens with two attached hydrogens (primary N) is 1. The van der Waals surface area contributed by atoms with E-state index in [-0.39, 0.29) is 5.91 Å². The second-order valence-electron chi connectivity index (χ2n) is 5.82. The summed E-state index contributed by atoms with van der Waals surface area (Å²) in [6.07, 6.45) is 2.47. The van der Waals surface area contributed by atoms with Crippen molar-refractivity contribution in [2.75, 3.05) is 31.2 Å². The number of nitrogens with one attached hydrogen (secondary N) is 1.